The van der Waals surface area contributed by atoms with Crippen molar-refractivity contribution in [2.24, 2.45) is 0 Å². The van der Waals surface area contributed by atoms with Gasteiger partial charge in [0.05, 0.1) is 0 Å². The lowest BCUT2D eigenvalue weighted by Gasteiger charge is -2.18. The summed E-state index contributed by atoms with van der Waals surface area (Å²) in [5, 5.41) is 0. The first-order valence-corrected chi connectivity index (χ1v) is 9.37. The molecule has 2 aromatic rings. The molecule has 0 unspecified atom stereocenters. The van der Waals surface area contributed by atoms with Crippen molar-refractivity contribution in [3.05, 3.63) is 101 Å². The fourth-order valence-corrected chi connectivity index (χ4v) is 3.91. The molecule has 1 heteroatoms. The third-order valence-electron chi connectivity index (χ3n) is 5.23. The zero-order chi connectivity index (χ0) is 17.9. The Labute approximate surface area is 156 Å². The maximum Gasteiger partial charge on any atom is 0.0434 e. The van der Waals surface area contributed by atoms with Gasteiger partial charge in [0.1, 0.15) is 0 Å². The van der Waals surface area contributed by atoms with Crippen LogP contribution < -0.4 is 4.90 Å². The molecule has 0 N–H and O–H groups in total. The number of para-hydroxylation sites is 1. The lowest BCUT2D eigenvalue weighted by molar-refractivity contribution is 0.962. The molecule has 2 aliphatic carbocycles. The van der Waals surface area contributed by atoms with Gasteiger partial charge in [0.15, 0.2) is 0 Å². The SMILES string of the molecule is CN(C)c1ccccc1/C=C1\C2=CC=CCC=C2CCc2ccccc21. The average Bonchev–Trinajstić information content (AvgIpc) is 2.97. The van der Waals surface area contributed by atoms with Crippen LogP contribution in [0.15, 0.2) is 84.0 Å². The summed E-state index contributed by atoms with van der Waals surface area (Å²) in [7, 11) is 4.22. The van der Waals surface area contributed by atoms with E-state index in [1.807, 2.05) is 0 Å². The third kappa shape index (κ3) is 3.17. The van der Waals surface area contributed by atoms with Crippen molar-refractivity contribution >= 4 is 17.3 Å². The van der Waals surface area contributed by atoms with E-state index in [1.165, 1.54) is 39.1 Å². The lowest BCUT2D eigenvalue weighted by Crippen LogP contribution is -2.10. The molecule has 0 radical (unpaired) electrons. The second-order valence-electron chi connectivity index (χ2n) is 7.14. The molecule has 0 fully saturated rings. The molecule has 4 rings (SSSR count). The van der Waals surface area contributed by atoms with Crippen molar-refractivity contribution in [3.8, 4) is 0 Å². The molecule has 26 heavy (non-hydrogen) atoms. The summed E-state index contributed by atoms with van der Waals surface area (Å²) in [6, 6.07) is 17.5. The van der Waals surface area contributed by atoms with Gasteiger partial charge in [-0.25, -0.2) is 0 Å². The van der Waals surface area contributed by atoms with E-state index in [2.05, 4.69) is 97.9 Å². The van der Waals surface area contributed by atoms with Gasteiger partial charge in [0.25, 0.3) is 0 Å². The Morgan fingerprint density at radius 3 is 2.62 bits per heavy atom. The Hall–Kier alpha value is -2.80. The molecule has 0 atom stereocenters. The standard InChI is InChI=1S/C25H25N/c1-26(2)25-15-9-7-12-21(25)18-24-22-13-5-3-4-10-19(22)16-17-20-11-6-8-14-23(20)24/h3,5-15,18H,4,16-17H2,1-2H3/b24-18+. The molecule has 0 heterocycles. The van der Waals surface area contributed by atoms with Crippen LogP contribution in [0, 0.1) is 0 Å². The van der Waals surface area contributed by atoms with Crippen LogP contribution in [0.25, 0.3) is 11.6 Å². The number of aryl methyl sites for hydroxylation is 1. The first-order valence-electron chi connectivity index (χ1n) is 9.37. The number of rotatable bonds is 2. The molecule has 0 bridgehead atoms. The summed E-state index contributed by atoms with van der Waals surface area (Å²) in [5.41, 5.74) is 9.50. The Morgan fingerprint density at radius 2 is 1.73 bits per heavy atom. The number of benzene rings is 2. The fourth-order valence-electron chi connectivity index (χ4n) is 3.91. The minimum absolute atomic E-state index is 1.02. The van der Waals surface area contributed by atoms with Crippen LogP contribution >= 0.6 is 0 Å². The molecule has 0 aliphatic heterocycles. The fraction of sp³-hybridized carbons (Fsp3) is 0.200. The van der Waals surface area contributed by atoms with E-state index < -0.39 is 0 Å². The van der Waals surface area contributed by atoms with E-state index in [0.29, 0.717) is 0 Å². The molecular weight excluding hydrogens is 314 g/mol. The summed E-state index contributed by atoms with van der Waals surface area (Å²) < 4.78 is 0. The summed E-state index contributed by atoms with van der Waals surface area (Å²) >= 11 is 0. The maximum absolute atomic E-state index is 2.40. The van der Waals surface area contributed by atoms with Crippen LogP contribution in [0.1, 0.15) is 29.5 Å². The summed E-state index contributed by atoms with van der Waals surface area (Å²) in [6.45, 7) is 0. The van der Waals surface area contributed by atoms with E-state index >= 15 is 0 Å². The highest BCUT2D eigenvalue weighted by Crippen LogP contribution is 2.40. The van der Waals surface area contributed by atoms with Crippen LogP contribution in [0.3, 0.4) is 0 Å². The molecule has 1 nitrogen and oxygen atoms in total. The molecule has 2 aromatic carbocycles. The highest BCUT2D eigenvalue weighted by atomic mass is 15.1. The van der Waals surface area contributed by atoms with E-state index in [4.69, 9.17) is 0 Å². The van der Waals surface area contributed by atoms with Crippen molar-refractivity contribution in [3.63, 3.8) is 0 Å². The first kappa shape index (κ1) is 16.7. The van der Waals surface area contributed by atoms with Crippen molar-refractivity contribution in [1.82, 2.24) is 0 Å². The Morgan fingerprint density at radius 1 is 0.923 bits per heavy atom. The van der Waals surface area contributed by atoms with Crippen LogP contribution in [-0.2, 0) is 6.42 Å². The van der Waals surface area contributed by atoms with Crippen LogP contribution in [-0.4, -0.2) is 14.1 Å². The second-order valence-corrected chi connectivity index (χ2v) is 7.14. The van der Waals surface area contributed by atoms with Gasteiger partial charge in [-0.2, -0.15) is 0 Å². The molecule has 2 aliphatic rings. The largest absolute Gasteiger partial charge is 0.377 e. The van der Waals surface area contributed by atoms with E-state index in [9.17, 15) is 0 Å². The number of anilines is 1. The highest BCUT2D eigenvalue weighted by molar-refractivity contribution is 5.97. The van der Waals surface area contributed by atoms with E-state index in [1.54, 1.807) is 0 Å². The van der Waals surface area contributed by atoms with Crippen molar-refractivity contribution in [1.29, 1.82) is 0 Å². The molecular formula is C25H25N. The number of allylic oxidation sites excluding steroid dienone is 7. The van der Waals surface area contributed by atoms with Gasteiger partial charge >= 0.3 is 0 Å². The predicted molar refractivity (Wildman–Crippen MR) is 113 cm³/mol. The van der Waals surface area contributed by atoms with Crippen LogP contribution in [0.4, 0.5) is 5.69 Å². The maximum atomic E-state index is 2.40. The monoisotopic (exact) mass is 339 g/mol. The van der Waals surface area contributed by atoms with Gasteiger partial charge in [0.2, 0.25) is 0 Å². The normalized spacial score (nSPS) is 17.5. The quantitative estimate of drug-likeness (QED) is 0.643. The smallest absolute Gasteiger partial charge is 0.0434 e. The van der Waals surface area contributed by atoms with Crippen molar-refractivity contribution in [2.75, 3.05) is 19.0 Å². The average molecular weight is 339 g/mol. The lowest BCUT2D eigenvalue weighted by atomic mass is 9.90. The Balaban J connectivity index is 1.96. The number of fused-ring (bicyclic) bond motifs is 2. The Kier molecular flexibility index (Phi) is 4.62. The van der Waals surface area contributed by atoms with Gasteiger partial charge in [-0.15, -0.1) is 0 Å². The van der Waals surface area contributed by atoms with Gasteiger partial charge < -0.3 is 4.90 Å². The summed E-state index contributed by atoms with van der Waals surface area (Å²) in [6.07, 6.45) is 14.7. The predicted octanol–water partition coefficient (Wildman–Crippen LogP) is 6.05. The van der Waals surface area contributed by atoms with Crippen LogP contribution in [0.5, 0.6) is 0 Å². The zero-order valence-corrected chi connectivity index (χ0v) is 15.6. The molecule has 0 saturated heterocycles. The minimum atomic E-state index is 1.02. The van der Waals surface area contributed by atoms with E-state index in [0.717, 1.165) is 19.3 Å². The van der Waals surface area contributed by atoms with Crippen LogP contribution in [0.2, 0.25) is 0 Å². The number of hydrogen-bond donors (Lipinski definition) is 0. The molecule has 0 aromatic heterocycles. The topological polar surface area (TPSA) is 3.24 Å². The second kappa shape index (κ2) is 7.21. The highest BCUT2D eigenvalue weighted by Gasteiger charge is 2.20. The molecule has 0 saturated carbocycles. The minimum Gasteiger partial charge on any atom is -0.377 e. The molecule has 0 amide bonds. The number of nitrogens with zero attached hydrogens (tertiary/aromatic N) is 1. The summed E-state index contributed by atoms with van der Waals surface area (Å²) in [5.74, 6) is 0. The zero-order valence-electron chi connectivity index (χ0n) is 15.6. The molecule has 130 valence electrons. The molecule has 0 spiro atoms. The van der Waals surface area contributed by atoms with Gasteiger partial charge in [-0.3, -0.25) is 0 Å². The first-order chi connectivity index (χ1) is 12.7. The Bertz CT molecular complexity index is 938. The van der Waals surface area contributed by atoms with E-state index in [-0.39, 0.29) is 0 Å². The summed E-state index contributed by atoms with van der Waals surface area (Å²) in [4.78, 5) is 2.19. The van der Waals surface area contributed by atoms with Gasteiger partial charge in [-0.1, -0.05) is 66.8 Å². The van der Waals surface area contributed by atoms with Crippen molar-refractivity contribution in [2.45, 2.75) is 19.3 Å². The third-order valence-corrected chi connectivity index (χ3v) is 5.23. The van der Waals surface area contributed by atoms with Gasteiger partial charge in [0, 0.05) is 19.8 Å². The van der Waals surface area contributed by atoms with Gasteiger partial charge in [-0.05, 0) is 64.8 Å². The number of hydrogen-bond acceptors (Lipinski definition) is 1. The van der Waals surface area contributed by atoms with Crippen molar-refractivity contribution < 1.29 is 0 Å².